The highest BCUT2D eigenvalue weighted by Crippen LogP contribution is 2.42. The van der Waals surface area contributed by atoms with Crippen LogP contribution < -0.4 is 15.0 Å². The van der Waals surface area contributed by atoms with Crippen molar-refractivity contribution in [1.82, 2.24) is 9.88 Å². The van der Waals surface area contributed by atoms with Crippen molar-refractivity contribution in [2.45, 2.75) is 31.9 Å². The normalized spacial score (nSPS) is 16.3. The second-order valence-corrected chi connectivity index (χ2v) is 10.5. The molecule has 2 N–H and O–H groups in total. The van der Waals surface area contributed by atoms with Crippen molar-refractivity contribution in [3.05, 3.63) is 59.5 Å². The summed E-state index contributed by atoms with van der Waals surface area (Å²) in [6, 6.07) is 7.32. The van der Waals surface area contributed by atoms with Crippen molar-refractivity contribution in [3.8, 4) is 5.75 Å². The van der Waals surface area contributed by atoms with Gasteiger partial charge in [-0.15, -0.1) is 0 Å². The molecule has 1 aliphatic heterocycles. The average Bonchev–Trinajstić information content (AvgIpc) is 2.94. The molecular weight excluding hydrogens is 512 g/mol. The molecule has 1 fully saturated rings. The van der Waals surface area contributed by atoms with Crippen molar-refractivity contribution in [3.63, 3.8) is 0 Å². The van der Waals surface area contributed by atoms with Gasteiger partial charge in [0, 0.05) is 62.6 Å². The van der Waals surface area contributed by atoms with Crippen LogP contribution in [0.3, 0.4) is 0 Å². The Morgan fingerprint density at radius 2 is 1.82 bits per heavy atom. The predicted octanol–water partition coefficient (Wildman–Crippen LogP) is 5.70. The van der Waals surface area contributed by atoms with Gasteiger partial charge in [0.25, 0.3) is 0 Å². The standard InChI is InChI=1S/C29H36F4N4O2/c1-36(2)26-17-35-25-5-4-20(39-3)16-21(25)27(26)22(30)6-7-29(18-38)8-11-37(12-9-29)13-10-34-19-14-23(31)28(33)24(32)15-19/h4-5,14-17,22,34,38H,6-13,18H2,1-3H3/t22-/m0/s1. The number of aliphatic hydroxyl groups excluding tert-OH is 1. The van der Waals surface area contributed by atoms with Crippen molar-refractivity contribution < 1.29 is 27.4 Å². The fraction of sp³-hybridized carbons (Fsp3) is 0.483. The first kappa shape index (κ1) is 28.9. The number of pyridine rings is 1. The molecule has 0 radical (unpaired) electrons. The maximum absolute atomic E-state index is 16.0. The number of benzene rings is 2. The first-order chi connectivity index (χ1) is 18.7. The number of halogens is 4. The Morgan fingerprint density at radius 3 is 2.44 bits per heavy atom. The fourth-order valence-electron chi connectivity index (χ4n) is 5.33. The highest BCUT2D eigenvalue weighted by atomic mass is 19.2. The van der Waals surface area contributed by atoms with Crippen LogP contribution in [0.15, 0.2) is 36.5 Å². The molecule has 1 atom stereocenters. The van der Waals surface area contributed by atoms with Crippen LogP contribution in [0.5, 0.6) is 5.75 Å². The molecule has 10 heteroatoms. The predicted molar refractivity (Wildman–Crippen MR) is 146 cm³/mol. The van der Waals surface area contributed by atoms with Gasteiger partial charge in [0.05, 0.1) is 24.5 Å². The molecule has 212 valence electrons. The first-order valence-corrected chi connectivity index (χ1v) is 13.2. The van der Waals surface area contributed by atoms with E-state index in [9.17, 15) is 18.3 Å². The maximum Gasteiger partial charge on any atom is 0.194 e. The van der Waals surface area contributed by atoms with E-state index in [-0.39, 0.29) is 24.1 Å². The van der Waals surface area contributed by atoms with Gasteiger partial charge in [0.1, 0.15) is 11.9 Å². The lowest BCUT2D eigenvalue weighted by Gasteiger charge is -2.41. The van der Waals surface area contributed by atoms with Gasteiger partial charge < -0.3 is 25.0 Å². The number of aromatic nitrogens is 1. The lowest BCUT2D eigenvalue weighted by Crippen LogP contribution is -2.43. The Bertz CT molecular complexity index is 1260. The van der Waals surface area contributed by atoms with Crippen LogP contribution in [-0.2, 0) is 0 Å². The number of nitrogens with zero attached hydrogens (tertiary/aromatic N) is 3. The van der Waals surface area contributed by atoms with Crippen molar-refractivity contribution >= 4 is 22.3 Å². The quantitative estimate of drug-likeness (QED) is 0.237. The molecule has 0 aliphatic carbocycles. The third-order valence-electron chi connectivity index (χ3n) is 7.81. The van der Waals surface area contributed by atoms with Crippen LogP contribution in [0.1, 0.15) is 37.4 Å². The number of anilines is 2. The summed E-state index contributed by atoms with van der Waals surface area (Å²) in [6.45, 7) is 2.44. The van der Waals surface area contributed by atoms with E-state index >= 15 is 4.39 Å². The van der Waals surface area contributed by atoms with Crippen LogP contribution in [0, 0.1) is 22.9 Å². The summed E-state index contributed by atoms with van der Waals surface area (Å²) >= 11 is 0. The van der Waals surface area contributed by atoms with E-state index in [0.29, 0.717) is 73.3 Å². The van der Waals surface area contributed by atoms with E-state index in [1.807, 2.05) is 37.2 Å². The zero-order valence-corrected chi connectivity index (χ0v) is 22.6. The molecule has 2 heterocycles. The van der Waals surface area contributed by atoms with Crippen molar-refractivity contribution in [1.29, 1.82) is 0 Å². The van der Waals surface area contributed by atoms with Gasteiger partial charge >= 0.3 is 0 Å². The molecule has 0 unspecified atom stereocenters. The number of aliphatic hydroxyl groups is 1. The Labute approximate surface area is 226 Å². The molecule has 39 heavy (non-hydrogen) atoms. The number of ether oxygens (including phenoxy) is 1. The largest absolute Gasteiger partial charge is 0.497 e. The van der Waals surface area contributed by atoms with Gasteiger partial charge in [-0.1, -0.05) is 0 Å². The summed E-state index contributed by atoms with van der Waals surface area (Å²) in [5, 5.41) is 13.9. The third kappa shape index (κ3) is 6.55. The van der Waals surface area contributed by atoms with Crippen LogP contribution in [0.4, 0.5) is 28.9 Å². The SMILES string of the molecule is COc1ccc2ncc(N(C)C)c([C@@H](F)CCC3(CO)CCN(CCNc4cc(F)c(F)c(F)c4)CC3)c2c1. The van der Waals surface area contributed by atoms with Crippen molar-refractivity contribution in [2.24, 2.45) is 5.41 Å². The minimum absolute atomic E-state index is 0.0224. The number of rotatable bonds is 11. The Kier molecular flexibility index (Phi) is 9.17. The topological polar surface area (TPSA) is 60.9 Å². The van der Waals surface area contributed by atoms with Gasteiger partial charge in [-0.25, -0.2) is 17.6 Å². The molecule has 6 nitrogen and oxygen atoms in total. The number of fused-ring (bicyclic) bond motifs is 1. The first-order valence-electron chi connectivity index (χ1n) is 13.2. The molecule has 0 saturated carbocycles. The number of nitrogens with one attached hydrogen (secondary N) is 1. The highest BCUT2D eigenvalue weighted by molar-refractivity contribution is 5.88. The number of hydrogen-bond acceptors (Lipinski definition) is 6. The molecule has 4 rings (SSSR count). The summed E-state index contributed by atoms with van der Waals surface area (Å²) in [4.78, 5) is 8.55. The highest BCUT2D eigenvalue weighted by Gasteiger charge is 2.35. The van der Waals surface area contributed by atoms with E-state index in [0.717, 1.165) is 12.1 Å². The van der Waals surface area contributed by atoms with Gasteiger partial charge in [-0.2, -0.15) is 0 Å². The summed E-state index contributed by atoms with van der Waals surface area (Å²) < 4.78 is 61.4. The average molecular weight is 549 g/mol. The second kappa shape index (κ2) is 12.4. The zero-order chi connectivity index (χ0) is 28.2. The minimum atomic E-state index is -1.48. The summed E-state index contributed by atoms with van der Waals surface area (Å²) in [5.41, 5.74) is 1.79. The second-order valence-electron chi connectivity index (χ2n) is 10.5. The third-order valence-corrected chi connectivity index (χ3v) is 7.81. The van der Waals surface area contributed by atoms with E-state index in [4.69, 9.17) is 4.74 Å². The van der Waals surface area contributed by atoms with Crippen LogP contribution >= 0.6 is 0 Å². The van der Waals surface area contributed by atoms with Crippen molar-refractivity contribution in [2.75, 3.05) is 64.2 Å². The van der Waals surface area contributed by atoms with Gasteiger partial charge in [0.2, 0.25) is 0 Å². The Hall–Kier alpha value is -3.11. The molecule has 0 spiro atoms. The van der Waals surface area contributed by atoms with Crippen LogP contribution in [-0.4, -0.2) is 69.0 Å². The molecular formula is C29H36F4N4O2. The van der Waals surface area contributed by atoms with Crippen LogP contribution in [0.2, 0.25) is 0 Å². The van der Waals surface area contributed by atoms with E-state index in [1.165, 1.54) is 0 Å². The number of piperidine rings is 1. The summed E-state index contributed by atoms with van der Waals surface area (Å²) in [5.74, 6) is -3.31. The summed E-state index contributed by atoms with van der Waals surface area (Å²) in [6.07, 6.45) is 2.66. The monoisotopic (exact) mass is 548 g/mol. The van der Waals surface area contributed by atoms with Gasteiger partial charge in [-0.05, 0) is 62.4 Å². The molecule has 0 bridgehead atoms. The smallest absolute Gasteiger partial charge is 0.194 e. The zero-order valence-electron chi connectivity index (χ0n) is 22.6. The van der Waals surface area contributed by atoms with E-state index in [1.54, 1.807) is 13.3 Å². The molecule has 2 aromatic carbocycles. The van der Waals surface area contributed by atoms with E-state index in [2.05, 4.69) is 15.2 Å². The molecule has 1 saturated heterocycles. The Balaban J connectivity index is 1.37. The molecule has 1 aliphatic rings. The number of hydrogen-bond donors (Lipinski definition) is 2. The van der Waals surface area contributed by atoms with Crippen LogP contribution in [0.25, 0.3) is 10.9 Å². The van der Waals surface area contributed by atoms with Gasteiger partial charge in [-0.3, -0.25) is 4.98 Å². The van der Waals surface area contributed by atoms with Gasteiger partial charge in [0.15, 0.2) is 17.5 Å². The Morgan fingerprint density at radius 1 is 1.13 bits per heavy atom. The minimum Gasteiger partial charge on any atom is -0.497 e. The number of alkyl halides is 1. The lowest BCUT2D eigenvalue weighted by atomic mass is 9.74. The molecule has 3 aromatic rings. The number of likely N-dealkylation sites (tertiary alicyclic amines) is 1. The maximum atomic E-state index is 16.0. The molecule has 1 aromatic heterocycles. The lowest BCUT2D eigenvalue weighted by molar-refractivity contribution is 0.0316. The van der Waals surface area contributed by atoms with E-state index < -0.39 is 23.6 Å². The number of methoxy groups -OCH3 is 1. The molecule has 0 amide bonds. The summed E-state index contributed by atoms with van der Waals surface area (Å²) in [7, 11) is 5.30. The fourth-order valence-corrected chi connectivity index (χ4v) is 5.33.